The zero-order chi connectivity index (χ0) is 18.2. The minimum atomic E-state index is 0. The predicted octanol–water partition coefficient (Wildman–Crippen LogP) is 4.33. The number of hydrogen-bond acceptors (Lipinski definition) is 0. The average Bonchev–Trinajstić information content (AvgIpc) is 2.63. The second-order valence-corrected chi connectivity index (χ2v) is 7.82. The number of hydrogen-bond donors (Lipinski definition) is 0. The van der Waals surface area contributed by atoms with Gasteiger partial charge in [-0.3, -0.25) is 0 Å². The van der Waals surface area contributed by atoms with Crippen molar-refractivity contribution in [3.05, 3.63) is 29.6 Å². The summed E-state index contributed by atoms with van der Waals surface area (Å²) in [7, 11) is 0. The molecule has 1 nitrogen and oxygen atoms in total. The molecule has 1 aromatic rings. The lowest BCUT2D eigenvalue weighted by atomic mass is 10.0. The minimum Gasteiger partial charge on any atom is -1.00 e. The first-order chi connectivity index (χ1) is 12.3. The van der Waals surface area contributed by atoms with Gasteiger partial charge in [-0.1, -0.05) is 90.9 Å². The van der Waals surface area contributed by atoms with Gasteiger partial charge in [-0.05, 0) is 18.9 Å². The van der Waals surface area contributed by atoms with Crippen molar-refractivity contribution in [3.8, 4) is 0 Å². The van der Waals surface area contributed by atoms with Crippen LogP contribution in [0.4, 0.5) is 0 Å². The van der Waals surface area contributed by atoms with Crippen LogP contribution in [0.1, 0.15) is 115 Å². The van der Waals surface area contributed by atoms with E-state index in [4.69, 9.17) is 0 Å². The summed E-state index contributed by atoms with van der Waals surface area (Å²) in [5.74, 6) is 0. The van der Waals surface area contributed by atoms with E-state index in [0.717, 1.165) is 6.42 Å². The van der Waals surface area contributed by atoms with Gasteiger partial charge in [0.1, 0.15) is 6.54 Å². The fourth-order valence-electron chi connectivity index (χ4n) is 3.60. The maximum atomic E-state index is 2.44. The molecular formula is C24H44BrN. The molecule has 0 saturated heterocycles. The van der Waals surface area contributed by atoms with Crippen LogP contribution in [0.2, 0.25) is 0 Å². The van der Waals surface area contributed by atoms with Crippen LogP contribution in [0.3, 0.4) is 0 Å². The number of aromatic nitrogens is 1. The molecular weight excluding hydrogens is 382 g/mol. The van der Waals surface area contributed by atoms with Crippen molar-refractivity contribution >= 4 is 0 Å². The molecule has 0 N–H and O–H groups in total. The lowest BCUT2D eigenvalue weighted by Gasteiger charge is -2.04. The van der Waals surface area contributed by atoms with Crippen molar-refractivity contribution < 1.29 is 21.5 Å². The zero-order valence-electron chi connectivity index (χ0n) is 17.9. The largest absolute Gasteiger partial charge is 1.00 e. The smallest absolute Gasteiger partial charge is 0.178 e. The molecule has 0 bridgehead atoms. The number of rotatable bonds is 16. The summed E-state index contributed by atoms with van der Waals surface area (Å²) < 4.78 is 2.44. The third kappa shape index (κ3) is 12.9. The van der Waals surface area contributed by atoms with Crippen LogP contribution in [0.5, 0.6) is 0 Å². The summed E-state index contributed by atoms with van der Waals surface area (Å²) in [5, 5.41) is 0. The fraction of sp³-hybridized carbons (Fsp3) is 0.792. The normalized spacial score (nSPS) is 10.7. The van der Waals surface area contributed by atoms with Gasteiger partial charge in [-0.15, -0.1) is 0 Å². The third-order valence-corrected chi connectivity index (χ3v) is 5.47. The van der Waals surface area contributed by atoms with Crippen molar-refractivity contribution in [2.45, 2.75) is 124 Å². The van der Waals surface area contributed by atoms with Crippen LogP contribution in [0.15, 0.2) is 18.3 Å². The predicted molar refractivity (Wildman–Crippen MR) is 111 cm³/mol. The Morgan fingerprint density at radius 3 is 1.58 bits per heavy atom. The summed E-state index contributed by atoms with van der Waals surface area (Å²) in [5.41, 5.74) is 2.85. The van der Waals surface area contributed by atoms with E-state index >= 15 is 0 Å². The van der Waals surface area contributed by atoms with E-state index in [2.05, 4.69) is 43.7 Å². The lowest BCUT2D eigenvalue weighted by molar-refractivity contribution is -0.703. The van der Waals surface area contributed by atoms with Crippen LogP contribution in [-0.4, -0.2) is 0 Å². The molecule has 0 spiro atoms. The standard InChI is InChI=1S/C24H44N.BrH/c1-4-6-7-8-9-10-11-12-13-14-15-16-17-18-21-25-22-24(5-2)20-19-23(25)3;/h19-20,22H,4-18,21H2,1-3H3;1H/q+1;/p-1. The van der Waals surface area contributed by atoms with Gasteiger partial charge in [0.25, 0.3) is 0 Å². The summed E-state index contributed by atoms with van der Waals surface area (Å²) in [6, 6.07) is 4.53. The highest BCUT2D eigenvalue weighted by Gasteiger charge is 2.06. The highest BCUT2D eigenvalue weighted by atomic mass is 79.9. The van der Waals surface area contributed by atoms with Gasteiger partial charge in [0, 0.05) is 25.0 Å². The maximum Gasteiger partial charge on any atom is 0.178 e. The van der Waals surface area contributed by atoms with Crippen LogP contribution >= 0.6 is 0 Å². The Bertz CT molecular complexity index is 430. The summed E-state index contributed by atoms with van der Waals surface area (Å²) in [6.07, 6.45) is 23.6. The van der Waals surface area contributed by atoms with Crippen LogP contribution in [-0.2, 0) is 13.0 Å². The van der Waals surface area contributed by atoms with E-state index in [-0.39, 0.29) is 17.0 Å². The number of aryl methyl sites for hydroxylation is 3. The molecule has 0 radical (unpaired) electrons. The highest BCUT2D eigenvalue weighted by Crippen LogP contribution is 2.13. The van der Waals surface area contributed by atoms with E-state index in [1.807, 2.05) is 0 Å². The van der Waals surface area contributed by atoms with E-state index in [1.165, 1.54) is 108 Å². The van der Waals surface area contributed by atoms with Gasteiger partial charge in [-0.25, -0.2) is 4.57 Å². The fourth-order valence-corrected chi connectivity index (χ4v) is 3.60. The molecule has 26 heavy (non-hydrogen) atoms. The molecule has 0 fully saturated rings. The van der Waals surface area contributed by atoms with Gasteiger partial charge in [-0.2, -0.15) is 0 Å². The molecule has 0 aliphatic heterocycles. The van der Waals surface area contributed by atoms with Gasteiger partial charge in [0.05, 0.1) is 0 Å². The number of unbranched alkanes of at least 4 members (excludes halogenated alkanes) is 13. The van der Waals surface area contributed by atoms with Crippen LogP contribution in [0.25, 0.3) is 0 Å². The van der Waals surface area contributed by atoms with Crippen molar-refractivity contribution in [3.63, 3.8) is 0 Å². The lowest BCUT2D eigenvalue weighted by Crippen LogP contribution is -3.00. The molecule has 1 rings (SSSR count). The maximum absolute atomic E-state index is 2.44. The molecule has 0 aromatic carbocycles. The van der Waals surface area contributed by atoms with E-state index in [1.54, 1.807) is 0 Å². The van der Waals surface area contributed by atoms with E-state index < -0.39 is 0 Å². The number of halogens is 1. The van der Waals surface area contributed by atoms with Crippen molar-refractivity contribution in [1.29, 1.82) is 0 Å². The first kappa shape index (κ1) is 25.6. The topological polar surface area (TPSA) is 3.88 Å². The molecule has 0 amide bonds. The molecule has 1 aromatic heterocycles. The Balaban J connectivity index is 0.00000625. The molecule has 0 atom stereocenters. The summed E-state index contributed by atoms with van der Waals surface area (Å²) in [6.45, 7) is 7.95. The van der Waals surface area contributed by atoms with E-state index in [9.17, 15) is 0 Å². The Hall–Kier alpha value is -0.370. The number of pyridine rings is 1. The first-order valence-corrected chi connectivity index (χ1v) is 11.3. The quantitative estimate of drug-likeness (QED) is 0.274. The van der Waals surface area contributed by atoms with Gasteiger partial charge < -0.3 is 17.0 Å². The van der Waals surface area contributed by atoms with Crippen molar-refractivity contribution in [2.24, 2.45) is 0 Å². The molecule has 0 unspecified atom stereocenters. The second-order valence-electron chi connectivity index (χ2n) is 7.82. The highest BCUT2D eigenvalue weighted by molar-refractivity contribution is 5.08. The van der Waals surface area contributed by atoms with Crippen LogP contribution < -0.4 is 21.5 Å². The number of nitrogens with zero attached hydrogens (tertiary/aromatic N) is 1. The Kier molecular flexibility index (Phi) is 17.8. The second kappa shape index (κ2) is 18.0. The van der Waals surface area contributed by atoms with Gasteiger partial charge in [0.15, 0.2) is 11.9 Å². The summed E-state index contributed by atoms with van der Waals surface area (Å²) in [4.78, 5) is 0. The third-order valence-electron chi connectivity index (χ3n) is 5.47. The molecule has 0 saturated carbocycles. The molecule has 2 heteroatoms. The zero-order valence-corrected chi connectivity index (χ0v) is 19.5. The Morgan fingerprint density at radius 1 is 0.654 bits per heavy atom. The van der Waals surface area contributed by atoms with Crippen molar-refractivity contribution in [1.82, 2.24) is 0 Å². The molecule has 0 aliphatic carbocycles. The summed E-state index contributed by atoms with van der Waals surface area (Å²) >= 11 is 0. The molecule has 1 heterocycles. The average molecular weight is 427 g/mol. The Morgan fingerprint density at radius 2 is 1.12 bits per heavy atom. The first-order valence-electron chi connectivity index (χ1n) is 11.3. The van der Waals surface area contributed by atoms with Crippen molar-refractivity contribution in [2.75, 3.05) is 0 Å². The SMILES string of the molecule is CCCCCCCCCCCCCCCC[n+]1cc(CC)ccc1C.[Br-]. The molecule has 152 valence electrons. The van der Waals surface area contributed by atoms with Gasteiger partial charge in [0.2, 0.25) is 0 Å². The monoisotopic (exact) mass is 425 g/mol. The minimum absolute atomic E-state index is 0. The molecule has 0 aliphatic rings. The van der Waals surface area contributed by atoms with Crippen LogP contribution in [0, 0.1) is 6.92 Å². The Labute approximate surface area is 174 Å². The van der Waals surface area contributed by atoms with Gasteiger partial charge >= 0.3 is 0 Å². The van der Waals surface area contributed by atoms with E-state index in [0.29, 0.717) is 0 Å².